The Morgan fingerprint density at radius 3 is 2.10 bits per heavy atom. The number of hydrogen-bond donors (Lipinski definition) is 0. The molecule has 0 heterocycles. The Morgan fingerprint density at radius 2 is 1.55 bits per heavy atom. The highest BCUT2D eigenvalue weighted by Crippen LogP contribution is 2.42. The Kier molecular flexibility index (Phi) is 10.8. The second-order valence-corrected chi connectivity index (χ2v) is 9.75. The minimum Gasteiger partial charge on any atom is -0.462 e. The molecular formula is C24H41F3O4. The van der Waals surface area contributed by atoms with Gasteiger partial charge >= 0.3 is 18.1 Å². The molecule has 0 saturated heterocycles. The number of carbonyl (C=O) groups excluding carboxylic acids is 2. The molecule has 4 nitrogen and oxygen atoms in total. The first-order valence-corrected chi connectivity index (χ1v) is 11.8. The van der Waals surface area contributed by atoms with Crippen LogP contribution >= 0.6 is 0 Å². The smallest absolute Gasteiger partial charge is 0.425 e. The fourth-order valence-corrected chi connectivity index (χ4v) is 3.99. The summed E-state index contributed by atoms with van der Waals surface area (Å²) < 4.78 is 45.8. The lowest BCUT2D eigenvalue weighted by Crippen LogP contribution is -2.40. The zero-order valence-corrected chi connectivity index (χ0v) is 20.0. The molecule has 7 heteroatoms. The first kappa shape index (κ1) is 27.8. The van der Waals surface area contributed by atoms with E-state index >= 15 is 0 Å². The van der Waals surface area contributed by atoms with Crippen LogP contribution in [0.5, 0.6) is 0 Å². The second-order valence-electron chi connectivity index (χ2n) is 9.75. The normalized spacial score (nSPS) is 25.9. The maximum Gasteiger partial charge on any atom is 0.425 e. The molecule has 0 bridgehead atoms. The molecule has 2 saturated carbocycles. The van der Waals surface area contributed by atoms with Crippen LogP contribution in [0.2, 0.25) is 0 Å². The SMILES string of the molecule is CCC(C)(C)C(=O)OC1CCCC2CCCCC21.CCC(C)C(=O)OC(C)C(F)(F)F. The third-order valence-electron chi connectivity index (χ3n) is 6.97. The molecule has 182 valence electrons. The molecule has 0 aromatic carbocycles. The minimum atomic E-state index is -4.47. The largest absolute Gasteiger partial charge is 0.462 e. The van der Waals surface area contributed by atoms with Crippen molar-refractivity contribution in [1.29, 1.82) is 0 Å². The number of hydrogen-bond acceptors (Lipinski definition) is 4. The molecule has 0 aliphatic heterocycles. The Labute approximate surface area is 185 Å². The molecule has 0 amide bonds. The van der Waals surface area contributed by atoms with Crippen LogP contribution in [0.15, 0.2) is 0 Å². The van der Waals surface area contributed by atoms with E-state index in [-0.39, 0.29) is 17.5 Å². The monoisotopic (exact) mass is 450 g/mol. The van der Waals surface area contributed by atoms with E-state index in [1.165, 1.54) is 45.4 Å². The summed E-state index contributed by atoms with van der Waals surface area (Å²) in [6, 6.07) is 0. The Bertz CT molecular complexity index is 572. The molecule has 0 aromatic heterocycles. The predicted octanol–water partition coefficient (Wildman–Crippen LogP) is 6.85. The molecule has 2 aliphatic rings. The molecule has 31 heavy (non-hydrogen) atoms. The van der Waals surface area contributed by atoms with Crippen molar-refractivity contribution in [3.8, 4) is 0 Å². The number of carbonyl (C=O) groups is 2. The lowest BCUT2D eigenvalue weighted by Gasteiger charge is -2.41. The molecule has 0 aromatic rings. The second kappa shape index (κ2) is 12.1. The summed E-state index contributed by atoms with van der Waals surface area (Å²) in [7, 11) is 0. The van der Waals surface area contributed by atoms with Crippen LogP contribution in [0.1, 0.15) is 99.3 Å². The average Bonchev–Trinajstić information content (AvgIpc) is 2.73. The standard InChI is InChI=1S/C16H28O2.C8H13F3O2/c1-4-16(2,3)15(17)18-14-11-7-9-12-8-5-6-10-13(12)14;1-4-5(2)7(12)13-6(3)8(9,10)11/h12-14H,4-11H2,1-3H3;5-6H,4H2,1-3H3. The number of fused-ring (bicyclic) bond motifs is 1. The summed E-state index contributed by atoms with van der Waals surface area (Å²) in [4.78, 5) is 23.1. The van der Waals surface area contributed by atoms with Crippen molar-refractivity contribution in [1.82, 2.24) is 0 Å². The van der Waals surface area contributed by atoms with Crippen molar-refractivity contribution >= 4 is 11.9 Å². The maximum atomic E-state index is 12.2. The van der Waals surface area contributed by atoms with Gasteiger partial charge in [-0.2, -0.15) is 13.2 Å². The third kappa shape index (κ3) is 8.64. The number of esters is 2. The summed E-state index contributed by atoms with van der Waals surface area (Å²) >= 11 is 0. The number of ether oxygens (including phenoxy) is 2. The van der Waals surface area contributed by atoms with Crippen LogP contribution in [-0.4, -0.2) is 30.3 Å². The van der Waals surface area contributed by atoms with Gasteiger partial charge in [-0.15, -0.1) is 0 Å². The minimum absolute atomic E-state index is 0.0150. The van der Waals surface area contributed by atoms with Crippen molar-refractivity contribution in [3.63, 3.8) is 0 Å². The highest BCUT2D eigenvalue weighted by Gasteiger charge is 2.40. The van der Waals surface area contributed by atoms with Crippen molar-refractivity contribution in [2.24, 2.45) is 23.2 Å². The van der Waals surface area contributed by atoms with E-state index in [1.54, 1.807) is 6.92 Å². The predicted molar refractivity (Wildman–Crippen MR) is 114 cm³/mol. The molecule has 5 unspecified atom stereocenters. The lowest BCUT2D eigenvalue weighted by molar-refractivity contribution is -0.218. The van der Waals surface area contributed by atoms with E-state index in [0.29, 0.717) is 12.3 Å². The molecule has 0 N–H and O–H groups in total. The summed E-state index contributed by atoms with van der Waals surface area (Å²) in [6.07, 6.45) is 4.07. The van der Waals surface area contributed by atoms with Crippen molar-refractivity contribution in [2.75, 3.05) is 0 Å². The molecule has 2 aliphatic carbocycles. The molecular weight excluding hydrogens is 409 g/mol. The molecule has 0 radical (unpaired) electrons. The van der Waals surface area contributed by atoms with E-state index < -0.39 is 24.2 Å². The summed E-state index contributed by atoms with van der Waals surface area (Å²) in [5.41, 5.74) is -0.318. The van der Waals surface area contributed by atoms with E-state index in [0.717, 1.165) is 25.7 Å². The van der Waals surface area contributed by atoms with Gasteiger partial charge in [-0.05, 0) is 71.1 Å². The fourth-order valence-electron chi connectivity index (χ4n) is 3.99. The van der Waals surface area contributed by atoms with E-state index in [9.17, 15) is 22.8 Å². The van der Waals surface area contributed by atoms with Crippen LogP contribution in [0.3, 0.4) is 0 Å². The fraction of sp³-hybridized carbons (Fsp3) is 0.917. The molecule has 0 spiro atoms. The first-order chi connectivity index (χ1) is 14.3. The summed E-state index contributed by atoms with van der Waals surface area (Å²) in [5.74, 6) is 0.220. The quantitative estimate of drug-likeness (QED) is 0.415. The van der Waals surface area contributed by atoms with Crippen LogP contribution < -0.4 is 0 Å². The molecule has 2 rings (SSSR count). The van der Waals surface area contributed by atoms with Crippen molar-refractivity contribution < 1.29 is 32.2 Å². The van der Waals surface area contributed by atoms with Gasteiger partial charge in [0, 0.05) is 0 Å². The van der Waals surface area contributed by atoms with Gasteiger partial charge in [-0.25, -0.2) is 0 Å². The van der Waals surface area contributed by atoms with Gasteiger partial charge in [0.15, 0.2) is 6.10 Å². The average molecular weight is 451 g/mol. The Balaban J connectivity index is 0.000000330. The Morgan fingerprint density at radius 1 is 0.968 bits per heavy atom. The van der Waals surface area contributed by atoms with E-state index in [1.807, 2.05) is 13.8 Å². The van der Waals surface area contributed by atoms with Gasteiger partial charge in [-0.3, -0.25) is 9.59 Å². The first-order valence-electron chi connectivity index (χ1n) is 11.8. The summed E-state index contributed by atoms with van der Waals surface area (Å²) in [5, 5.41) is 0. The zero-order chi connectivity index (χ0) is 23.8. The van der Waals surface area contributed by atoms with Crippen molar-refractivity contribution in [3.05, 3.63) is 0 Å². The summed E-state index contributed by atoms with van der Waals surface area (Å²) in [6.45, 7) is 10.1. The third-order valence-corrected chi connectivity index (χ3v) is 6.97. The Hall–Kier alpha value is -1.27. The topological polar surface area (TPSA) is 52.6 Å². The number of alkyl halides is 3. The lowest BCUT2D eigenvalue weighted by atomic mass is 9.69. The highest BCUT2D eigenvalue weighted by molar-refractivity contribution is 5.76. The highest BCUT2D eigenvalue weighted by atomic mass is 19.4. The van der Waals surface area contributed by atoms with Crippen molar-refractivity contribution in [2.45, 2.75) is 118 Å². The molecule has 2 fully saturated rings. The maximum absolute atomic E-state index is 12.2. The van der Waals surface area contributed by atoms with Gasteiger partial charge < -0.3 is 9.47 Å². The van der Waals surface area contributed by atoms with Crippen LogP contribution in [-0.2, 0) is 19.1 Å². The number of rotatable bonds is 6. The van der Waals surface area contributed by atoms with Crippen LogP contribution in [0.4, 0.5) is 13.2 Å². The molecule has 5 atom stereocenters. The van der Waals surface area contributed by atoms with Crippen LogP contribution in [0, 0.1) is 23.2 Å². The zero-order valence-electron chi connectivity index (χ0n) is 20.0. The van der Waals surface area contributed by atoms with Gasteiger partial charge in [0.25, 0.3) is 0 Å². The van der Waals surface area contributed by atoms with Gasteiger partial charge in [0.05, 0.1) is 11.3 Å². The van der Waals surface area contributed by atoms with Gasteiger partial charge in [0.1, 0.15) is 6.10 Å². The van der Waals surface area contributed by atoms with Crippen LogP contribution in [0.25, 0.3) is 0 Å². The van der Waals surface area contributed by atoms with Gasteiger partial charge in [0.2, 0.25) is 0 Å². The number of halogens is 3. The van der Waals surface area contributed by atoms with E-state index in [2.05, 4.69) is 11.7 Å². The van der Waals surface area contributed by atoms with E-state index in [4.69, 9.17) is 4.74 Å². The van der Waals surface area contributed by atoms with Gasteiger partial charge in [-0.1, -0.05) is 40.0 Å².